The standard InChI is InChI=1S/C11H12O2S/c1-2-4-8(5-3-1)11-12-6-9-10(14-9)7-13-11/h1-5,9-11H,6-7H2. The lowest BCUT2D eigenvalue weighted by molar-refractivity contribution is -0.130. The summed E-state index contributed by atoms with van der Waals surface area (Å²) in [5.74, 6) is 0. The number of benzene rings is 1. The lowest BCUT2D eigenvalue weighted by Crippen LogP contribution is -2.08. The number of hydrogen-bond donors (Lipinski definition) is 0. The predicted octanol–water partition coefficient (Wildman–Crippen LogP) is 2.22. The van der Waals surface area contributed by atoms with Gasteiger partial charge in [-0.25, -0.2) is 0 Å². The first kappa shape index (κ1) is 8.77. The van der Waals surface area contributed by atoms with Crippen molar-refractivity contribution >= 4 is 11.8 Å². The Kier molecular flexibility index (Phi) is 2.24. The van der Waals surface area contributed by atoms with Gasteiger partial charge in [-0.2, -0.15) is 0 Å². The fourth-order valence-corrected chi connectivity index (χ4v) is 2.52. The molecule has 3 rings (SSSR count). The van der Waals surface area contributed by atoms with Gasteiger partial charge >= 0.3 is 0 Å². The van der Waals surface area contributed by atoms with E-state index in [-0.39, 0.29) is 6.29 Å². The van der Waals surface area contributed by atoms with Crippen LogP contribution in [0.5, 0.6) is 0 Å². The Morgan fingerprint density at radius 3 is 2.29 bits per heavy atom. The largest absolute Gasteiger partial charge is 0.347 e. The first-order chi connectivity index (χ1) is 6.93. The molecule has 0 aliphatic carbocycles. The van der Waals surface area contributed by atoms with Crippen LogP contribution in [0.15, 0.2) is 30.3 Å². The highest BCUT2D eigenvalue weighted by molar-refractivity contribution is 8.07. The van der Waals surface area contributed by atoms with E-state index < -0.39 is 0 Å². The zero-order chi connectivity index (χ0) is 9.38. The number of thioether (sulfide) groups is 1. The maximum absolute atomic E-state index is 5.70. The molecule has 0 amide bonds. The number of fused-ring (bicyclic) bond motifs is 1. The van der Waals surface area contributed by atoms with Crippen LogP contribution in [0, 0.1) is 0 Å². The molecule has 2 aliphatic rings. The van der Waals surface area contributed by atoms with E-state index in [0.717, 1.165) is 18.8 Å². The average molecular weight is 208 g/mol. The van der Waals surface area contributed by atoms with Crippen molar-refractivity contribution in [3.63, 3.8) is 0 Å². The van der Waals surface area contributed by atoms with Gasteiger partial charge in [0.25, 0.3) is 0 Å². The van der Waals surface area contributed by atoms with Crippen LogP contribution in [0.4, 0.5) is 0 Å². The van der Waals surface area contributed by atoms with E-state index in [2.05, 4.69) is 12.1 Å². The molecule has 2 unspecified atom stereocenters. The van der Waals surface area contributed by atoms with Crippen LogP contribution in [0.25, 0.3) is 0 Å². The van der Waals surface area contributed by atoms with Crippen molar-refractivity contribution in [3.05, 3.63) is 35.9 Å². The van der Waals surface area contributed by atoms with Gasteiger partial charge in [0.1, 0.15) is 0 Å². The van der Waals surface area contributed by atoms with Crippen molar-refractivity contribution < 1.29 is 9.47 Å². The third kappa shape index (κ3) is 1.67. The fourth-order valence-electron chi connectivity index (χ4n) is 1.69. The quantitative estimate of drug-likeness (QED) is 0.659. The molecule has 1 aromatic rings. The maximum atomic E-state index is 5.70. The van der Waals surface area contributed by atoms with Crippen molar-refractivity contribution in [2.75, 3.05) is 13.2 Å². The summed E-state index contributed by atoms with van der Waals surface area (Å²) in [6.45, 7) is 1.66. The molecule has 2 heterocycles. The van der Waals surface area contributed by atoms with Crippen LogP contribution in [0.2, 0.25) is 0 Å². The molecular weight excluding hydrogens is 196 g/mol. The van der Waals surface area contributed by atoms with Gasteiger partial charge in [0.15, 0.2) is 6.29 Å². The molecule has 0 spiro atoms. The van der Waals surface area contributed by atoms with Crippen molar-refractivity contribution in [2.45, 2.75) is 16.8 Å². The Hall–Kier alpha value is -0.510. The third-order valence-corrected chi connectivity index (χ3v) is 3.90. The second-order valence-corrected chi connectivity index (χ2v) is 5.11. The SMILES string of the molecule is c1ccc(C2OCC3SC3CO2)cc1. The zero-order valence-corrected chi connectivity index (χ0v) is 8.57. The van der Waals surface area contributed by atoms with Crippen LogP contribution in [-0.2, 0) is 9.47 Å². The Bertz CT molecular complexity index is 302. The van der Waals surface area contributed by atoms with Gasteiger partial charge in [-0.05, 0) is 0 Å². The second kappa shape index (κ2) is 3.57. The van der Waals surface area contributed by atoms with Crippen LogP contribution in [0.3, 0.4) is 0 Å². The summed E-state index contributed by atoms with van der Waals surface area (Å²) in [5.41, 5.74) is 1.12. The molecule has 0 N–H and O–H groups in total. The molecule has 0 bridgehead atoms. The molecule has 2 aliphatic heterocycles. The molecule has 0 radical (unpaired) electrons. The third-order valence-electron chi connectivity index (χ3n) is 2.58. The highest BCUT2D eigenvalue weighted by Crippen LogP contribution is 2.45. The van der Waals surface area contributed by atoms with Crippen molar-refractivity contribution in [1.82, 2.24) is 0 Å². The van der Waals surface area contributed by atoms with Crippen molar-refractivity contribution in [3.8, 4) is 0 Å². The van der Waals surface area contributed by atoms with E-state index in [1.54, 1.807) is 0 Å². The molecule has 0 aromatic heterocycles. The summed E-state index contributed by atoms with van der Waals surface area (Å²) in [5, 5.41) is 1.37. The minimum atomic E-state index is -0.149. The summed E-state index contributed by atoms with van der Waals surface area (Å²) in [6, 6.07) is 10.1. The van der Waals surface area contributed by atoms with Crippen molar-refractivity contribution in [2.24, 2.45) is 0 Å². The van der Waals surface area contributed by atoms with E-state index in [0.29, 0.717) is 10.5 Å². The molecule has 2 nitrogen and oxygen atoms in total. The Labute approximate surface area is 87.6 Å². The summed E-state index contributed by atoms with van der Waals surface area (Å²) >= 11 is 1.96. The first-order valence-corrected chi connectivity index (χ1v) is 5.81. The summed E-state index contributed by atoms with van der Waals surface area (Å²) in [4.78, 5) is 0. The highest BCUT2D eigenvalue weighted by atomic mass is 32.2. The van der Waals surface area contributed by atoms with E-state index in [1.807, 2.05) is 30.0 Å². The minimum Gasteiger partial charge on any atom is -0.347 e. The van der Waals surface area contributed by atoms with Crippen molar-refractivity contribution in [1.29, 1.82) is 0 Å². The normalized spacial score (nSPS) is 35.9. The van der Waals surface area contributed by atoms with Gasteiger partial charge in [-0.15, -0.1) is 11.8 Å². The smallest absolute Gasteiger partial charge is 0.183 e. The van der Waals surface area contributed by atoms with Gasteiger partial charge < -0.3 is 9.47 Å². The van der Waals surface area contributed by atoms with E-state index in [1.165, 1.54) is 0 Å². The van der Waals surface area contributed by atoms with E-state index in [4.69, 9.17) is 9.47 Å². The molecule has 2 atom stereocenters. The topological polar surface area (TPSA) is 18.5 Å². The Morgan fingerprint density at radius 1 is 1.00 bits per heavy atom. The number of rotatable bonds is 1. The summed E-state index contributed by atoms with van der Waals surface area (Å²) in [6.07, 6.45) is -0.149. The molecule has 3 heteroatoms. The van der Waals surface area contributed by atoms with Crippen LogP contribution < -0.4 is 0 Å². The lowest BCUT2D eigenvalue weighted by Gasteiger charge is -2.16. The summed E-state index contributed by atoms with van der Waals surface area (Å²) in [7, 11) is 0. The molecule has 2 fully saturated rings. The summed E-state index contributed by atoms with van der Waals surface area (Å²) < 4.78 is 11.4. The number of ether oxygens (including phenoxy) is 2. The van der Waals surface area contributed by atoms with Gasteiger partial charge in [-0.3, -0.25) is 0 Å². The van der Waals surface area contributed by atoms with Crippen LogP contribution in [-0.4, -0.2) is 23.7 Å². The van der Waals surface area contributed by atoms with Gasteiger partial charge in [0, 0.05) is 16.1 Å². The first-order valence-electron chi connectivity index (χ1n) is 4.87. The van der Waals surface area contributed by atoms with Gasteiger partial charge in [0.05, 0.1) is 13.2 Å². The predicted molar refractivity (Wildman–Crippen MR) is 56.3 cm³/mol. The highest BCUT2D eigenvalue weighted by Gasteiger charge is 2.42. The molecule has 1 aromatic carbocycles. The maximum Gasteiger partial charge on any atom is 0.183 e. The fraction of sp³-hybridized carbons (Fsp3) is 0.455. The monoisotopic (exact) mass is 208 g/mol. The van der Waals surface area contributed by atoms with Gasteiger partial charge in [-0.1, -0.05) is 30.3 Å². The molecule has 74 valence electrons. The Morgan fingerprint density at radius 2 is 1.64 bits per heavy atom. The zero-order valence-electron chi connectivity index (χ0n) is 7.76. The van der Waals surface area contributed by atoms with E-state index in [9.17, 15) is 0 Å². The van der Waals surface area contributed by atoms with Crippen LogP contribution in [0.1, 0.15) is 11.9 Å². The second-order valence-electron chi connectivity index (χ2n) is 3.62. The van der Waals surface area contributed by atoms with Gasteiger partial charge in [0.2, 0.25) is 0 Å². The molecule has 2 saturated heterocycles. The van der Waals surface area contributed by atoms with Crippen LogP contribution >= 0.6 is 11.8 Å². The molecule has 14 heavy (non-hydrogen) atoms. The van der Waals surface area contributed by atoms with E-state index >= 15 is 0 Å². The molecular formula is C11H12O2S. The average Bonchev–Trinajstić information content (AvgIpc) is 2.96. The minimum absolute atomic E-state index is 0.149. The lowest BCUT2D eigenvalue weighted by atomic mass is 10.2. The number of hydrogen-bond acceptors (Lipinski definition) is 3. The molecule has 0 saturated carbocycles. The Balaban J connectivity index is 1.73.